The van der Waals surface area contributed by atoms with Gasteiger partial charge in [0.05, 0.1) is 0 Å². The van der Waals surface area contributed by atoms with Crippen molar-refractivity contribution in [1.29, 1.82) is 0 Å². The summed E-state index contributed by atoms with van der Waals surface area (Å²) in [6.45, 7) is 6.31. The molecule has 4 atom stereocenters. The van der Waals surface area contributed by atoms with Crippen LogP contribution in [0.15, 0.2) is 135 Å². The molecule has 240 valence electrons. The Kier molecular flexibility index (Phi) is 6.65. The van der Waals surface area contributed by atoms with Crippen LogP contribution in [0.3, 0.4) is 0 Å². The predicted molar refractivity (Wildman–Crippen MR) is 187 cm³/mol. The van der Waals surface area contributed by atoms with Crippen molar-refractivity contribution in [2.75, 3.05) is 19.6 Å². The normalized spacial score (nSPS) is 20.5. The van der Waals surface area contributed by atoms with E-state index in [2.05, 4.69) is 50.4 Å². The minimum Gasteiger partial charge on any atom is -0.301 e. The SMILES string of the molecule is C=CC1c2ccccc2N2c3nccnc3N(c3ccccc3)C2C1C1N(c2ccc(F)cc2)c2nccnc2N1c1ccc(F)cc1C. The average Bonchev–Trinajstić information content (AvgIpc) is 3.65. The Hall–Kier alpha value is -6.16. The van der Waals surface area contributed by atoms with Crippen LogP contribution in [-0.2, 0) is 0 Å². The van der Waals surface area contributed by atoms with Crippen LogP contribution in [0.5, 0.6) is 0 Å². The van der Waals surface area contributed by atoms with E-state index in [1.807, 2.05) is 43.3 Å². The molecule has 9 rings (SSSR count). The van der Waals surface area contributed by atoms with Gasteiger partial charge in [-0.25, -0.2) is 28.7 Å². The zero-order valence-corrected chi connectivity index (χ0v) is 26.5. The Bertz CT molecular complexity index is 2210. The maximum atomic E-state index is 14.7. The number of aromatic nitrogens is 4. The molecule has 0 amide bonds. The van der Waals surface area contributed by atoms with E-state index in [1.165, 1.54) is 24.3 Å². The van der Waals surface area contributed by atoms with Gasteiger partial charge in [0.25, 0.3) is 0 Å². The number of benzene rings is 4. The number of rotatable bonds is 5. The van der Waals surface area contributed by atoms with Crippen LogP contribution in [0.25, 0.3) is 0 Å². The van der Waals surface area contributed by atoms with Gasteiger partial charge >= 0.3 is 0 Å². The number of allylic oxidation sites excluding steroid dienone is 1. The summed E-state index contributed by atoms with van der Waals surface area (Å²) in [6, 6.07) is 29.8. The summed E-state index contributed by atoms with van der Waals surface area (Å²) in [4.78, 5) is 28.4. The molecule has 5 heterocycles. The van der Waals surface area contributed by atoms with Gasteiger partial charge in [-0.1, -0.05) is 42.5 Å². The first-order valence-corrected chi connectivity index (χ1v) is 16.1. The molecule has 0 aliphatic carbocycles. The molecule has 0 fully saturated rings. The molecule has 49 heavy (non-hydrogen) atoms. The third kappa shape index (κ3) is 4.33. The highest BCUT2D eigenvalue weighted by atomic mass is 19.1. The van der Waals surface area contributed by atoms with Gasteiger partial charge in [0.2, 0.25) is 0 Å². The summed E-state index contributed by atoms with van der Waals surface area (Å²) >= 11 is 0. The van der Waals surface area contributed by atoms with Crippen molar-refractivity contribution in [2.24, 2.45) is 5.92 Å². The van der Waals surface area contributed by atoms with Crippen LogP contribution in [0.4, 0.5) is 54.8 Å². The number of para-hydroxylation sites is 2. The lowest BCUT2D eigenvalue weighted by atomic mass is 9.76. The number of fused-ring (bicyclic) bond motifs is 6. The second-order valence-electron chi connectivity index (χ2n) is 12.4. The van der Waals surface area contributed by atoms with E-state index in [9.17, 15) is 8.78 Å². The zero-order chi connectivity index (χ0) is 33.2. The molecule has 0 saturated heterocycles. The largest absolute Gasteiger partial charge is 0.301 e. The lowest BCUT2D eigenvalue weighted by Gasteiger charge is -2.51. The van der Waals surface area contributed by atoms with Crippen molar-refractivity contribution < 1.29 is 8.78 Å². The second kappa shape index (κ2) is 11.2. The minimum absolute atomic E-state index is 0.205. The Balaban J connectivity index is 1.37. The van der Waals surface area contributed by atoms with Crippen LogP contribution in [-0.4, -0.2) is 32.3 Å². The van der Waals surface area contributed by atoms with Crippen molar-refractivity contribution >= 4 is 46.0 Å². The van der Waals surface area contributed by atoms with E-state index in [0.717, 1.165) is 45.5 Å². The molecule has 10 heteroatoms. The van der Waals surface area contributed by atoms with Crippen molar-refractivity contribution in [1.82, 2.24) is 19.9 Å². The van der Waals surface area contributed by atoms with Crippen LogP contribution in [0, 0.1) is 24.5 Å². The highest BCUT2D eigenvalue weighted by Gasteiger charge is 2.58. The van der Waals surface area contributed by atoms with Crippen molar-refractivity contribution in [3.63, 3.8) is 0 Å². The molecule has 6 aromatic rings. The fourth-order valence-corrected chi connectivity index (χ4v) is 7.89. The van der Waals surface area contributed by atoms with E-state index in [1.54, 1.807) is 43.0 Å². The first kappa shape index (κ1) is 29.0. The Morgan fingerprint density at radius 1 is 0.571 bits per heavy atom. The van der Waals surface area contributed by atoms with Gasteiger partial charge in [-0.15, -0.1) is 6.58 Å². The molecular formula is C39H30F2N8. The molecule has 4 aromatic carbocycles. The molecule has 0 spiro atoms. The Labute approximate surface area is 282 Å². The zero-order valence-electron chi connectivity index (χ0n) is 26.5. The van der Waals surface area contributed by atoms with Crippen LogP contribution < -0.4 is 19.6 Å². The minimum atomic E-state index is -0.517. The van der Waals surface area contributed by atoms with Crippen molar-refractivity contribution in [3.05, 3.63) is 157 Å². The van der Waals surface area contributed by atoms with E-state index >= 15 is 0 Å². The van der Waals surface area contributed by atoms with Crippen LogP contribution in [0.1, 0.15) is 17.0 Å². The molecule has 3 aliphatic rings. The van der Waals surface area contributed by atoms with Gasteiger partial charge in [0, 0.05) is 59.4 Å². The molecule has 2 aromatic heterocycles. The lowest BCUT2D eigenvalue weighted by molar-refractivity contribution is 0.319. The van der Waals surface area contributed by atoms with E-state index in [-0.39, 0.29) is 29.6 Å². The number of hydrogen-bond acceptors (Lipinski definition) is 8. The molecule has 0 bridgehead atoms. The molecule has 4 unspecified atom stereocenters. The fourth-order valence-electron chi connectivity index (χ4n) is 7.89. The van der Waals surface area contributed by atoms with Gasteiger partial charge in [-0.2, -0.15) is 0 Å². The maximum absolute atomic E-state index is 14.7. The second-order valence-corrected chi connectivity index (χ2v) is 12.4. The molecule has 0 N–H and O–H groups in total. The monoisotopic (exact) mass is 648 g/mol. The van der Waals surface area contributed by atoms with E-state index in [4.69, 9.17) is 19.9 Å². The van der Waals surface area contributed by atoms with E-state index in [0.29, 0.717) is 11.6 Å². The Morgan fingerprint density at radius 3 is 1.67 bits per heavy atom. The average molecular weight is 649 g/mol. The topological polar surface area (TPSA) is 64.5 Å². The number of halogens is 2. The first-order valence-electron chi connectivity index (χ1n) is 16.1. The summed E-state index contributed by atoms with van der Waals surface area (Å²) in [7, 11) is 0. The summed E-state index contributed by atoms with van der Waals surface area (Å²) in [5.41, 5.74) is 5.30. The lowest BCUT2D eigenvalue weighted by Crippen LogP contribution is -2.59. The van der Waals surface area contributed by atoms with Crippen molar-refractivity contribution in [2.45, 2.75) is 25.2 Å². The highest BCUT2D eigenvalue weighted by Crippen LogP contribution is 2.59. The summed E-state index contributed by atoms with van der Waals surface area (Å²) in [5.74, 6) is 1.50. The third-order valence-electron chi connectivity index (χ3n) is 9.76. The molecule has 8 nitrogen and oxygen atoms in total. The molecule has 0 radical (unpaired) electrons. The van der Waals surface area contributed by atoms with Crippen LogP contribution in [0.2, 0.25) is 0 Å². The number of hydrogen-bond donors (Lipinski definition) is 0. The smallest absolute Gasteiger partial charge is 0.178 e. The van der Waals surface area contributed by atoms with Crippen LogP contribution >= 0.6 is 0 Å². The first-order chi connectivity index (χ1) is 24.0. The number of anilines is 8. The summed E-state index contributed by atoms with van der Waals surface area (Å²) < 4.78 is 29.1. The number of aryl methyl sites for hydroxylation is 1. The van der Waals surface area contributed by atoms with Gasteiger partial charge in [-0.05, 0) is 78.7 Å². The molecule has 3 aliphatic heterocycles. The maximum Gasteiger partial charge on any atom is 0.178 e. The third-order valence-corrected chi connectivity index (χ3v) is 9.76. The quantitative estimate of drug-likeness (QED) is 0.172. The van der Waals surface area contributed by atoms with Gasteiger partial charge < -0.3 is 19.6 Å². The summed E-state index contributed by atoms with van der Waals surface area (Å²) in [6.07, 6.45) is 7.89. The van der Waals surface area contributed by atoms with Gasteiger partial charge in [0.15, 0.2) is 23.3 Å². The van der Waals surface area contributed by atoms with Gasteiger partial charge in [-0.3, -0.25) is 0 Å². The fraction of sp³-hybridized carbons (Fsp3) is 0.128. The summed E-state index contributed by atoms with van der Waals surface area (Å²) in [5, 5.41) is 0. The molecular weight excluding hydrogens is 618 g/mol. The Morgan fingerprint density at radius 2 is 1.08 bits per heavy atom. The van der Waals surface area contributed by atoms with E-state index < -0.39 is 6.17 Å². The number of nitrogens with zero attached hydrogens (tertiary/aromatic N) is 8. The predicted octanol–water partition coefficient (Wildman–Crippen LogP) is 8.68. The van der Waals surface area contributed by atoms with Crippen molar-refractivity contribution in [3.8, 4) is 0 Å². The standard InChI is InChI=1S/C39H30F2N8/c1-3-29-30-11-7-8-12-32(30)49-37-35(43-20-22-45-37)46(27-9-5-4-6-10-27)39(49)33(29)38-47(28-16-13-25(40)14-17-28)34-36(44-21-19-42-34)48(38)31-18-15-26(41)23-24(31)2/h3-23,29,33,38-39H,1H2,2H3. The molecule has 0 saturated carbocycles. The van der Waals surface area contributed by atoms with Gasteiger partial charge in [0.1, 0.15) is 24.0 Å². The highest BCUT2D eigenvalue weighted by molar-refractivity contribution is 5.89.